The highest BCUT2D eigenvalue weighted by molar-refractivity contribution is 5.85. The number of carbonyl (C=O) groups is 1. The fraction of sp³-hybridized carbons (Fsp3) is 0.219. The van der Waals surface area contributed by atoms with Crippen molar-refractivity contribution in [2.75, 3.05) is 16.3 Å². The van der Waals surface area contributed by atoms with Crippen LogP contribution in [0.25, 0.3) is 4.85 Å². The Balaban J connectivity index is 1.64. The van der Waals surface area contributed by atoms with Gasteiger partial charge in [0.25, 0.3) is 5.95 Å². The summed E-state index contributed by atoms with van der Waals surface area (Å²) >= 11 is 0. The first-order valence-electron chi connectivity index (χ1n) is 13.7. The van der Waals surface area contributed by atoms with E-state index in [1.54, 1.807) is 31.2 Å². The van der Waals surface area contributed by atoms with Gasteiger partial charge < -0.3 is 4.74 Å². The van der Waals surface area contributed by atoms with Gasteiger partial charge in [-0.2, -0.15) is 23.4 Å². The summed E-state index contributed by atoms with van der Waals surface area (Å²) in [6.45, 7) is 11.7. The number of fused-ring (bicyclic) bond motifs is 1. The Hall–Kier alpha value is -5.62. The van der Waals surface area contributed by atoms with Gasteiger partial charge in [-0.05, 0) is 54.8 Å². The molecule has 3 aromatic carbocycles. The van der Waals surface area contributed by atoms with E-state index in [0.717, 1.165) is 17.7 Å². The summed E-state index contributed by atoms with van der Waals surface area (Å²) in [6.07, 6.45) is -4.77. The van der Waals surface area contributed by atoms with E-state index in [4.69, 9.17) is 11.3 Å². The number of anilines is 3. The first kappa shape index (κ1) is 29.9. The van der Waals surface area contributed by atoms with Gasteiger partial charge in [0.2, 0.25) is 11.6 Å². The van der Waals surface area contributed by atoms with Crippen molar-refractivity contribution in [1.29, 1.82) is 5.26 Å². The van der Waals surface area contributed by atoms with Crippen molar-refractivity contribution in [3.8, 4) is 6.07 Å². The Labute approximate surface area is 251 Å². The maximum atomic E-state index is 13.7. The summed E-state index contributed by atoms with van der Waals surface area (Å²) < 4.78 is 48.1. The molecule has 0 unspecified atom stereocenters. The van der Waals surface area contributed by atoms with Gasteiger partial charge in [0.15, 0.2) is 0 Å². The largest absolute Gasteiger partial charge is 0.444 e. The molecule has 1 atom stereocenters. The topological polar surface area (TPSA) is 91.6 Å². The second-order valence-electron chi connectivity index (χ2n) is 9.95. The molecule has 4 aromatic rings. The van der Waals surface area contributed by atoms with Gasteiger partial charge in [-0.15, -0.1) is 5.10 Å². The Morgan fingerprint density at radius 2 is 1.84 bits per heavy atom. The summed E-state index contributed by atoms with van der Waals surface area (Å²) in [5.41, 5.74) is 1.57. The molecule has 1 aromatic heterocycles. The molecular weight excluding hydrogens is 571 g/mol. The van der Waals surface area contributed by atoms with Crippen LogP contribution in [-0.4, -0.2) is 27.4 Å². The van der Waals surface area contributed by atoms with Gasteiger partial charge in [-0.25, -0.2) is 19.2 Å². The quantitative estimate of drug-likeness (QED) is 0.204. The standard InChI is InChI=1S/C32H26F3N7O2/c1-4-17-40(31(43)44-20-23-9-6-5-7-10-23)29-38-30-41(26-12-8-11-25(18-26)32(33,34)35)21(2)27(37-3)28(42(30)39-29)24-15-13-22(19-36)14-16-24/h5-16,18,28H,4,17,20H2,1-2H3/t28-/m1/s1. The average molecular weight is 598 g/mol. The zero-order valence-corrected chi connectivity index (χ0v) is 23.8. The number of aromatic nitrogens is 3. The smallest absolute Gasteiger partial charge is 0.417 e. The van der Waals surface area contributed by atoms with E-state index in [-0.39, 0.29) is 36.4 Å². The molecule has 5 rings (SSSR count). The van der Waals surface area contributed by atoms with Crippen LogP contribution in [0.2, 0.25) is 0 Å². The van der Waals surface area contributed by atoms with Gasteiger partial charge in [-0.1, -0.05) is 55.5 Å². The number of nitrogens with zero attached hydrogens (tertiary/aromatic N) is 7. The minimum absolute atomic E-state index is 0.0141. The van der Waals surface area contributed by atoms with E-state index in [1.807, 2.05) is 37.3 Å². The number of rotatable bonds is 7. The van der Waals surface area contributed by atoms with Crippen LogP contribution in [0, 0.1) is 17.9 Å². The molecule has 0 bridgehead atoms. The predicted molar refractivity (Wildman–Crippen MR) is 156 cm³/mol. The van der Waals surface area contributed by atoms with Gasteiger partial charge in [-0.3, -0.25) is 4.90 Å². The molecule has 2 heterocycles. The normalized spacial score (nSPS) is 14.4. The SMILES string of the molecule is [C-]#[N+]C1=C(C)N(c2cccc(C(F)(F)F)c2)c2nc(N(CCC)C(=O)OCc3ccccc3)nn2[C@@H]1c1ccc(C#N)cc1. The lowest BCUT2D eigenvalue weighted by molar-refractivity contribution is -0.137. The Morgan fingerprint density at radius 3 is 2.48 bits per heavy atom. The highest BCUT2D eigenvalue weighted by atomic mass is 19.4. The zero-order valence-electron chi connectivity index (χ0n) is 23.8. The van der Waals surface area contributed by atoms with Crippen molar-refractivity contribution in [3.63, 3.8) is 0 Å². The van der Waals surface area contributed by atoms with Crippen molar-refractivity contribution in [2.45, 2.75) is 39.1 Å². The number of hydrogen-bond acceptors (Lipinski definition) is 6. The molecule has 0 fully saturated rings. The molecule has 222 valence electrons. The summed E-state index contributed by atoms with van der Waals surface area (Å²) in [6, 6.07) is 21.7. The summed E-state index contributed by atoms with van der Waals surface area (Å²) in [5.74, 6) is 0.0742. The molecule has 9 nitrogen and oxygen atoms in total. The van der Waals surface area contributed by atoms with Crippen LogP contribution in [0.15, 0.2) is 90.3 Å². The van der Waals surface area contributed by atoms with Gasteiger partial charge in [0.1, 0.15) is 12.6 Å². The van der Waals surface area contributed by atoms with E-state index in [9.17, 15) is 23.2 Å². The maximum Gasteiger partial charge on any atom is 0.417 e. The zero-order chi connectivity index (χ0) is 31.4. The first-order chi connectivity index (χ1) is 21.2. The predicted octanol–water partition coefficient (Wildman–Crippen LogP) is 7.61. The second-order valence-corrected chi connectivity index (χ2v) is 9.95. The number of ether oxygens (including phenoxy) is 1. The van der Waals surface area contributed by atoms with Crippen LogP contribution in [0.1, 0.15) is 48.6 Å². The molecule has 12 heteroatoms. The van der Waals surface area contributed by atoms with Crippen molar-refractivity contribution in [1.82, 2.24) is 14.8 Å². The van der Waals surface area contributed by atoms with Crippen molar-refractivity contribution >= 4 is 23.7 Å². The third-order valence-corrected chi connectivity index (χ3v) is 7.03. The molecule has 0 radical (unpaired) electrons. The van der Waals surface area contributed by atoms with Gasteiger partial charge in [0.05, 0.1) is 23.8 Å². The van der Waals surface area contributed by atoms with Crippen LogP contribution >= 0.6 is 0 Å². The molecular formula is C32H26F3N7O2. The maximum absolute atomic E-state index is 13.7. The number of amides is 1. The summed E-state index contributed by atoms with van der Waals surface area (Å²) in [7, 11) is 0. The molecule has 1 aliphatic heterocycles. The summed E-state index contributed by atoms with van der Waals surface area (Å²) in [4.78, 5) is 24.4. The molecule has 0 aliphatic carbocycles. The molecule has 44 heavy (non-hydrogen) atoms. The van der Waals surface area contributed by atoms with Crippen LogP contribution in [0.3, 0.4) is 0 Å². The minimum Gasteiger partial charge on any atom is -0.444 e. The fourth-order valence-electron chi connectivity index (χ4n) is 4.93. The van der Waals surface area contributed by atoms with Gasteiger partial charge >= 0.3 is 12.3 Å². The van der Waals surface area contributed by atoms with Crippen molar-refractivity contribution < 1.29 is 22.7 Å². The Kier molecular flexibility index (Phi) is 8.36. The van der Waals surface area contributed by atoms with Crippen molar-refractivity contribution in [2.24, 2.45) is 0 Å². The van der Waals surface area contributed by atoms with Crippen LogP contribution in [0.4, 0.5) is 35.5 Å². The number of carbonyl (C=O) groups excluding carboxylic acids is 1. The fourth-order valence-corrected chi connectivity index (χ4v) is 4.93. The minimum atomic E-state index is -4.60. The van der Waals surface area contributed by atoms with E-state index < -0.39 is 23.9 Å². The second kappa shape index (κ2) is 12.3. The number of halogens is 3. The lowest BCUT2D eigenvalue weighted by Gasteiger charge is -2.34. The molecule has 0 saturated heterocycles. The summed E-state index contributed by atoms with van der Waals surface area (Å²) in [5, 5.41) is 13.9. The van der Waals surface area contributed by atoms with E-state index in [2.05, 4.69) is 21.0 Å². The monoisotopic (exact) mass is 597 g/mol. The van der Waals surface area contributed by atoms with Crippen molar-refractivity contribution in [3.05, 3.63) is 124 Å². The average Bonchev–Trinajstić information content (AvgIpc) is 3.46. The molecule has 0 N–H and O–H groups in total. The van der Waals surface area contributed by atoms with Crippen LogP contribution in [-0.2, 0) is 17.5 Å². The molecule has 1 amide bonds. The lowest BCUT2D eigenvalue weighted by Crippen LogP contribution is -2.33. The number of nitriles is 1. The highest BCUT2D eigenvalue weighted by Crippen LogP contribution is 2.44. The molecule has 1 aliphatic rings. The van der Waals surface area contributed by atoms with Gasteiger partial charge in [0, 0.05) is 17.9 Å². The Bertz CT molecular complexity index is 1790. The molecule has 0 saturated carbocycles. The first-order valence-corrected chi connectivity index (χ1v) is 13.7. The van der Waals surface area contributed by atoms with Crippen LogP contribution in [0.5, 0.6) is 0 Å². The van der Waals surface area contributed by atoms with E-state index in [1.165, 1.54) is 26.6 Å². The number of benzene rings is 3. The third kappa shape index (κ3) is 5.83. The third-order valence-electron chi connectivity index (χ3n) is 7.03. The number of allylic oxidation sites excluding steroid dienone is 2. The number of hydrogen-bond donors (Lipinski definition) is 0. The lowest BCUT2D eigenvalue weighted by atomic mass is 9.99. The molecule has 0 spiro atoms. The van der Waals surface area contributed by atoms with E-state index >= 15 is 0 Å². The van der Waals surface area contributed by atoms with E-state index in [0.29, 0.717) is 23.2 Å². The highest BCUT2D eigenvalue weighted by Gasteiger charge is 2.39. The Morgan fingerprint density at radius 1 is 1.11 bits per heavy atom. The van der Waals surface area contributed by atoms with Crippen LogP contribution < -0.4 is 9.80 Å². The number of alkyl halides is 3.